The summed E-state index contributed by atoms with van der Waals surface area (Å²) in [6, 6.07) is 13.8. The first-order valence-corrected chi connectivity index (χ1v) is 11.8. The van der Waals surface area contributed by atoms with Gasteiger partial charge in [0.05, 0.1) is 23.6 Å². The van der Waals surface area contributed by atoms with Gasteiger partial charge in [0.15, 0.2) is 5.43 Å². The molecule has 0 fully saturated rings. The Morgan fingerprint density at radius 3 is 2.70 bits per heavy atom. The molecular weight excluding hydrogens is 438 g/mol. The number of anilines is 1. The molecule has 0 spiro atoms. The first-order chi connectivity index (χ1) is 16.0. The maximum atomic E-state index is 13.6. The summed E-state index contributed by atoms with van der Waals surface area (Å²) in [5, 5.41) is 10.3. The number of para-hydroxylation sites is 1. The number of rotatable bonds is 6. The molecule has 0 N–H and O–H groups in total. The third kappa shape index (κ3) is 3.60. The van der Waals surface area contributed by atoms with Crippen LogP contribution in [0.4, 0.5) is 5.13 Å². The molecule has 3 heterocycles. The molecule has 33 heavy (non-hydrogen) atoms. The van der Waals surface area contributed by atoms with Gasteiger partial charge in [0.2, 0.25) is 10.9 Å². The number of aromatic nitrogens is 2. The summed E-state index contributed by atoms with van der Waals surface area (Å²) < 4.78 is 11.8. The topological polar surface area (TPSA) is 85.5 Å². The number of hydrogen-bond acceptors (Lipinski definition) is 7. The number of hydrogen-bond donors (Lipinski definition) is 0. The highest BCUT2D eigenvalue weighted by atomic mass is 32.1. The van der Waals surface area contributed by atoms with E-state index in [9.17, 15) is 9.59 Å². The van der Waals surface area contributed by atoms with E-state index in [1.54, 1.807) is 24.3 Å². The predicted octanol–water partition coefficient (Wildman–Crippen LogP) is 5.31. The monoisotopic (exact) mass is 461 g/mol. The molecule has 0 saturated carbocycles. The molecule has 0 radical (unpaired) electrons. The lowest BCUT2D eigenvalue weighted by atomic mass is 9.98. The van der Waals surface area contributed by atoms with Crippen LogP contribution >= 0.6 is 11.3 Å². The van der Waals surface area contributed by atoms with E-state index in [0.717, 1.165) is 17.0 Å². The van der Waals surface area contributed by atoms with E-state index in [4.69, 9.17) is 9.15 Å². The molecule has 5 rings (SSSR count). The SMILES string of the molecule is CCCOc1cccc(C2c3c(oc4ccccc4c3=O)C(=O)N2c2nnc(C(C)C)s2)c1. The molecule has 168 valence electrons. The van der Waals surface area contributed by atoms with Gasteiger partial charge < -0.3 is 9.15 Å². The van der Waals surface area contributed by atoms with Crippen molar-refractivity contribution >= 4 is 33.3 Å². The van der Waals surface area contributed by atoms with Gasteiger partial charge in [-0.15, -0.1) is 10.2 Å². The standard InChI is InChI=1S/C25H23N3O4S/c1-4-12-31-16-9-7-8-15(13-16)20-19-21(29)17-10-5-6-11-18(17)32-22(19)24(30)28(20)25-27-26-23(33-25)14(2)3/h5-11,13-14,20H,4,12H2,1-3H3. The van der Waals surface area contributed by atoms with Crippen LogP contribution in [0.5, 0.6) is 5.75 Å². The van der Waals surface area contributed by atoms with Crippen molar-refractivity contribution in [1.29, 1.82) is 0 Å². The van der Waals surface area contributed by atoms with Gasteiger partial charge in [-0.1, -0.05) is 56.4 Å². The average Bonchev–Trinajstić information content (AvgIpc) is 3.42. The summed E-state index contributed by atoms with van der Waals surface area (Å²) in [5.41, 5.74) is 1.23. The van der Waals surface area contributed by atoms with Gasteiger partial charge in [0.1, 0.15) is 16.3 Å². The normalized spacial score (nSPS) is 15.5. The van der Waals surface area contributed by atoms with Crippen molar-refractivity contribution in [2.75, 3.05) is 11.5 Å². The molecule has 7 nitrogen and oxygen atoms in total. The van der Waals surface area contributed by atoms with Gasteiger partial charge in [-0.05, 0) is 36.2 Å². The highest BCUT2D eigenvalue weighted by Crippen LogP contribution is 2.43. The zero-order valence-corrected chi connectivity index (χ0v) is 19.4. The van der Waals surface area contributed by atoms with Crippen molar-refractivity contribution in [3.8, 4) is 5.75 Å². The highest BCUT2D eigenvalue weighted by molar-refractivity contribution is 7.15. The Morgan fingerprint density at radius 1 is 1.12 bits per heavy atom. The van der Waals surface area contributed by atoms with Crippen LogP contribution in [0, 0.1) is 0 Å². The molecule has 8 heteroatoms. The molecule has 0 bridgehead atoms. The number of nitrogens with zero attached hydrogens (tertiary/aromatic N) is 3. The second kappa shape index (κ2) is 8.44. The van der Waals surface area contributed by atoms with E-state index >= 15 is 0 Å². The van der Waals surface area contributed by atoms with Gasteiger partial charge in [-0.25, -0.2) is 0 Å². The molecule has 0 aliphatic carbocycles. The summed E-state index contributed by atoms with van der Waals surface area (Å²) in [7, 11) is 0. The molecule has 2 aromatic carbocycles. The third-order valence-electron chi connectivity index (χ3n) is 5.55. The Balaban J connectivity index is 1.73. The molecular formula is C25H23N3O4S. The summed E-state index contributed by atoms with van der Waals surface area (Å²) in [6.07, 6.45) is 0.874. The summed E-state index contributed by atoms with van der Waals surface area (Å²) in [5.74, 6) is 0.498. The van der Waals surface area contributed by atoms with E-state index in [0.29, 0.717) is 34.0 Å². The quantitative estimate of drug-likeness (QED) is 0.387. The fourth-order valence-electron chi connectivity index (χ4n) is 3.98. The second-order valence-electron chi connectivity index (χ2n) is 8.25. The van der Waals surface area contributed by atoms with E-state index in [1.165, 1.54) is 16.2 Å². The molecule has 0 saturated heterocycles. The number of amides is 1. The number of benzene rings is 2. The fraction of sp³-hybridized carbons (Fsp3) is 0.280. The number of ether oxygens (including phenoxy) is 1. The van der Waals surface area contributed by atoms with Crippen LogP contribution in [0.15, 0.2) is 57.7 Å². The minimum Gasteiger partial charge on any atom is -0.494 e. The number of fused-ring (bicyclic) bond motifs is 2. The van der Waals surface area contributed by atoms with Crippen molar-refractivity contribution < 1.29 is 13.9 Å². The van der Waals surface area contributed by atoms with E-state index in [1.807, 2.05) is 45.0 Å². The van der Waals surface area contributed by atoms with Crippen LogP contribution in [0.1, 0.15) is 65.8 Å². The molecule has 4 aromatic rings. The van der Waals surface area contributed by atoms with Crippen molar-refractivity contribution in [3.05, 3.63) is 80.6 Å². The average molecular weight is 462 g/mol. The maximum Gasteiger partial charge on any atom is 0.297 e. The third-order valence-corrected chi connectivity index (χ3v) is 6.78. The van der Waals surface area contributed by atoms with Crippen LogP contribution in [-0.2, 0) is 0 Å². The molecule has 1 aliphatic heterocycles. The molecule has 1 unspecified atom stereocenters. The molecule has 1 amide bonds. The van der Waals surface area contributed by atoms with Gasteiger partial charge in [0, 0.05) is 5.92 Å². The van der Waals surface area contributed by atoms with Gasteiger partial charge in [-0.3, -0.25) is 14.5 Å². The van der Waals surface area contributed by atoms with E-state index in [2.05, 4.69) is 10.2 Å². The summed E-state index contributed by atoms with van der Waals surface area (Å²) in [6.45, 7) is 6.66. The summed E-state index contributed by atoms with van der Waals surface area (Å²) >= 11 is 1.35. The maximum absolute atomic E-state index is 13.6. The lowest BCUT2D eigenvalue weighted by Gasteiger charge is -2.22. The largest absolute Gasteiger partial charge is 0.494 e. The number of carbonyl (C=O) groups is 1. The van der Waals surface area contributed by atoms with Gasteiger partial charge in [-0.2, -0.15) is 0 Å². The smallest absolute Gasteiger partial charge is 0.297 e. The minimum absolute atomic E-state index is 0.0462. The number of carbonyl (C=O) groups excluding carboxylic acids is 1. The first-order valence-electron chi connectivity index (χ1n) is 10.9. The Morgan fingerprint density at radius 2 is 1.94 bits per heavy atom. The van der Waals surface area contributed by atoms with Gasteiger partial charge in [0.25, 0.3) is 5.91 Å². The van der Waals surface area contributed by atoms with E-state index < -0.39 is 11.9 Å². The van der Waals surface area contributed by atoms with Crippen LogP contribution in [0.3, 0.4) is 0 Å². The second-order valence-corrected chi connectivity index (χ2v) is 9.23. The summed E-state index contributed by atoms with van der Waals surface area (Å²) in [4.78, 5) is 28.7. The van der Waals surface area contributed by atoms with Crippen LogP contribution in [-0.4, -0.2) is 22.7 Å². The van der Waals surface area contributed by atoms with E-state index in [-0.39, 0.29) is 17.1 Å². The van der Waals surface area contributed by atoms with Crippen molar-refractivity contribution in [3.63, 3.8) is 0 Å². The van der Waals surface area contributed by atoms with Crippen molar-refractivity contribution in [1.82, 2.24) is 10.2 Å². The Kier molecular flexibility index (Phi) is 5.46. The van der Waals surface area contributed by atoms with Crippen LogP contribution in [0.25, 0.3) is 11.0 Å². The van der Waals surface area contributed by atoms with Crippen molar-refractivity contribution in [2.45, 2.75) is 39.2 Å². The molecule has 1 aliphatic rings. The van der Waals surface area contributed by atoms with Gasteiger partial charge >= 0.3 is 0 Å². The Hall–Kier alpha value is -3.52. The lowest BCUT2D eigenvalue weighted by molar-refractivity contribution is 0.0970. The fourth-order valence-corrected chi connectivity index (χ4v) is 4.86. The zero-order valence-electron chi connectivity index (χ0n) is 18.6. The zero-order chi connectivity index (χ0) is 23.1. The minimum atomic E-state index is -0.688. The predicted molar refractivity (Wildman–Crippen MR) is 127 cm³/mol. The van der Waals surface area contributed by atoms with Crippen LogP contribution < -0.4 is 15.1 Å². The highest BCUT2D eigenvalue weighted by Gasteiger charge is 2.45. The first kappa shape index (κ1) is 21.3. The molecule has 2 aromatic heterocycles. The Labute approximate surface area is 194 Å². The van der Waals surface area contributed by atoms with Crippen molar-refractivity contribution in [2.24, 2.45) is 0 Å². The van der Waals surface area contributed by atoms with Crippen LogP contribution in [0.2, 0.25) is 0 Å². The molecule has 1 atom stereocenters. The Bertz CT molecular complexity index is 1410. The lowest BCUT2D eigenvalue weighted by Crippen LogP contribution is -2.29.